The third-order valence-electron chi connectivity index (χ3n) is 6.16. The van der Waals surface area contributed by atoms with E-state index in [-0.39, 0.29) is 35.5 Å². The first-order chi connectivity index (χ1) is 17.3. The number of amides is 1. The van der Waals surface area contributed by atoms with E-state index in [2.05, 4.69) is 15.5 Å². The number of hydrogen-bond donors (Lipinski definition) is 3. The molecule has 1 amide bonds. The molecule has 1 aliphatic rings. The predicted octanol–water partition coefficient (Wildman–Crippen LogP) is 1.61. The van der Waals surface area contributed by atoms with Gasteiger partial charge in [-0.05, 0) is 19.3 Å². The Morgan fingerprint density at radius 1 is 1.31 bits per heavy atom. The number of hydrogen-bond acceptors (Lipinski definition) is 9. The van der Waals surface area contributed by atoms with Crippen molar-refractivity contribution in [3.63, 3.8) is 0 Å². The Morgan fingerprint density at radius 3 is 2.78 bits per heavy atom. The van der Waals surface area contributed by atoms with Gasteiger partial charge in [0.05, 0.1) is 31.7 Å². The summed E-state index contributed by atoms with van der Waals surface area (Å²) in [5.41, 5.74) is -0.951. The largest absolute Gasteiger partial charge is 0.465 e. The fourth-order valence-electron chi connectivity index (χ4n) is 4.32. The van der Waals surface area contributed by atoms with Crippen molar-refractivity contribution < 1.29 is 24.2 Å². The number of ether oxygens (including phenoxy) is 1. The lowest BCUT2D eigenvalue weighted by Gasteiger charge is -2.21. The Morgan fingerprint density at radius 2 is 2.08 bits per heavy atom. The highest BCUT2D eigenvalue weighted by atomic mass is 16.5. The van der Waals surface area contributed by atoms with Gasteiger partial charge in [0.1, 0.15) is 11.8 Å². The summed E-state index contributed by atoms with van der Waals surface area (Å²) in [6.07, 6.45) is 7.65. The number of aromatic nitrogens is 4. The second-order valence-electron chi connectivity index (χ2n) is 8.90. The minimum atomic E-state index is -0.974. The van der Waals surface area contributed by atoms with E-state index in [1.807, 2.05) is 0 Å². The van der Waals surface area contributed by atoms with E-state index < -0.39 is 35.6 Å². The van der Waals surface area contributed by atoms with Crippen molar-refractivity contribution in [3.8, 4) is 11.5 Å². The summed E-state index contributed by atoms with van der Waals surface area (Å²) < 4.78 is 13.3. The van der Waals surface area contributed by atoms with Crippen LogP contribution >= 0.6 is 0 Å². The Bertz CT molecular complexity index is 1310. The molecule has 4 rings (SSSR count). The van der Waals surface area contributed by atoms with Crippen molar-refractivity contribution in [2.45, 2.75) is 57.7 Å². The number of aliphatic hydroxyl groups excluding tert-OH is 2. The topological polar surface area (TPSA) is 162 Å². The van der Waals surface area contributed by atoms with Crippen molar-refractivity contribution in [2.24, 2.45) is 5.92 Å². The number of anilines is 1. The number of nitrogens with one attached hydrogen (secondary N) is 1. The minimum Gasteiger partial charge on any atom is -0.465 e. The molecule has 3 heterocycles. The molecular weight excluding hydrogens is 470 g/mol. The Labute approximate surface area is 206 Å². The minimum absolute atomic E-state index is 0.0430. The van der Waals surface area contributed by atoms with Crippen LogP contribution < -0.4 is 21.0 Å². The van der Waals surface area contributed by atoms with Gasteiger partial charge in [-0.2, -0.15) is 10.2 Å². The molecule has 3 N–H and O–H groups in total. The van der Waals surface area contributed by atoms with Crippen molar-refractivity contribution in [2.75, 3.05) is 11.9 Å². The molecule has 3 aromatic heterocycles. The van der Waals surface area contributed by atoms with Crippen LogP contribution in [0.3, 0.4) is 0 Å². The molecule has 3 aromatic rings. The normalized spacial score (nSPS) is 15.5. The van der Waals surface area contributed by atoms with Crippen LogP contribution in [0.15, 0.2) is 50.9 Å². The van der Waals surface area contributed by atoms with Crippen molar-refractivity contribution in [1.82, 2.24) is 19.6 Å². The van der Waals surface area contributed by atoms with Crippen LogP contribution in [-0.2, 0) is 11.3 Å². The van der Waals surface area contributed by atoms with Gasteiger partial charge in [-0.15, -0.1) is 0 Å². The fraction of sp³-hybridized carbons (Fsp3) is 0.458. The zero-order valence-corrected chi connectivity index (χ0v) is 19.9. The van der Waals surface area contributed by atoms with Gasteiger partial charge in [-0.1, -0.05) is 25.7 Å². The monoisotopic (exact) mass is 499 g/mol. The summed E-state index contributed by atoms with van der Waals surface area (Å²) in [4.78, 5) is 38.3. The van der Waals surface area contributed by atoms with Crippen molar-refractivity contribution in [3.05, 3.63) is 63.2 Å². The summed E-state index contributed by atoms with van der Waals surface area (Å²) in [6, 6.07) is 3.07. The summed E-state index contributed by atoms with van der Waals surface area (Å²) in [5, 5.41) is 29.7. The van der Waals surface area contributed by atoms with E-state index in [4.69, 9.17) is 14.3 Å². The van der Waals surface area contributed by atoms with Gasteiger partial charge in [-0.25, -0.2) is 4.68 Å². The standard InChI is InChI=1S/C24H29N5O7/c1-15-23(20(32)7-9-35-15)36-18-11-22(33)29(25-12-18)19(10-16-4-2-3-5-16)24(34)26-21-6-8-28(27-21)13-17(31)14-30/h6-9,11-12,16-17,19,30-31H,2-5,10,13-14H2,1H3,(H,26,27,34). The van der Waals surface area contributed by atoms with Gasteiger partial charge < -0.3 is 24.7 Å². The number of aryl methyl sites for hydroxylation is 1. The number of carbonyl (C=O) groups is 1. The van der Waals surface area contributed by atoms with Gasteiger partial charge >= 0.3 is 0 Å². The zero-order valence-electron chi connectivity index (χ0n) is 19.9. The maximum absolute atomic E-state index is 13.3. The Hall–Kier alpha value is -3.77. The molecule has 0 radical (unpaired) electrons. The number of aliphatic hydroxyl groups is 2. The Kier molecular flexibility index (Phi) is 7.96. The van der Waals surface area contributed by atoms with Gasteiger partial charge in [-0.3, -0.25) is 19.1 Å². The van der Waals surface area contributed by atoms with Crippen LogP contribution in [0.2, 0.25) is 0 Å². The van der Waals surface area contributed by atoms with Crippen molar-refractivity contribution >= 4 is 11.7 Å². The van der Waals surface area contributed by atoms with Crippen LogP contribution in [0.5, 0.6) is 11.5 Å². The lowest BCUT2D eigenvalue weighted by molar-refractivity contribution is -0.120. The average molecular weight is 500 g/mol. The molecule has 0 aromatic carbocycles. The van der Waals surface area contributed by atoms with Crippen LogP contribution in [-0.4, -0.2) is 48.4 Å². The van der Waals surface area contributed by atoms with Crippen LogP contribution in [0, 0.1) is 12.8 Å². The number of carbonyl (C=O) groups excluding carboxylic acids is 1. The molecule has 0 saturated heterocycles. The van der Waals surface area contributed by atoms with E-state index in [1.54, 1.807) is 19.2 Å². The fourth-order valence-corrected chi connectivity index (χ4v) is 4.32. The molecule has 12 nitrogen and oxygen atoms in total. The van der Waals surface area contributed by atoms with Gasteiger partial charge in [0, 0.05) is 24.4 Å². The summed E-state index contributed by atoms with van der Waals surface area (Å²) in [7, 11) is 0. The molecule has 2 atom stereocenters. The molecular formula is C24H29N5O7. The van der Waals surface area contributed by atoms with Crippen molar-refractivity contribution in [1.29, 1.82) is 0 Å². The van der Waals surface area contributed by atoms with Crippen LogP contribution in [0.1, 0.15) is 43.9 Å². The predicted molar refractivity (Wildman–Crippen MR) is 128 cm³/mol. The van der Waals surface area contributed by atoms with E-state index in [0.29, 0.717) is 6.42 Å². The first kappa shape index (κ1) is 25.3. The van der Waals surface area contributed by atoms with E-state index >= 15 is 0 Å². The second-order valence-corrected chi connectivity index (χ2v) is 8.90. The SMILES string of the molecule is Cc1occc(=O)c1Oc1cnn(C(CC2CCCC2)C(=O)Nc2ccn(CC(O)CO)n2)c(=O)c1. The molecule has 1 saturated carbocycles. The highest BCUT2D eigenvalue weighted by molar-refractivity contribution is 5.92. The van der Waals surface area contributed by atoms with Gasteiger partial charge in [0.2, 0.25) is 11.2 Å². The molecule has 1 aliphatic carbocycles. The molecule has 0 aliphatic heterocycles. The highest BCUT2D eigenvalue weighted by Gasteiger charge is 2.29. The lowest BCUT2D eigenvalue weighted by atomic mass is 9.98. The molecule has 36 heavy (non-hydrogen) atoms. The maximum atomic E-state index is 13.3. The maximum Gasteiger partial charge on any atom is 0.271 e. The number of rotatable bonds is 10. The molecule has 12 heteroatoms. The van der Waals surface area contributed by atoms with E-state index in [9.17, 15) is 19.5 Å². The van der Waals surface area contributed by atoms with Gasteiger partial charge in [0.15, 0.2) is 11.6 Å². The number of nitrogens with zero attached hydrogens (tertiary/aromatic N) is 4. The van der Waals surface area contributed by atoms with E-state index in [0.717, 1.165) is 30.4 Å². The third kappa shape index (κ3) is 6.07. The summed E-state index contributed by atoms with van der Waals surface area (Å²) in [5.74, 6) is 0.353. The Balaban J connectivity index is 1.55. The lowest BCUT2D eigenvalue weighted by Crippen LogP contribution is -2.36. The first-order valence-electron chi connectivity index (χ1n) is 11.8. The molecule has 0 bridgehead atoms. The molecule has 0 spiro atoms. The molecule has 2 unspecified atom stereocenters. The quantitative estimate of drug-likeness (QED) is 0.376. The highest BCUT2D eigenvalue weighted by Crippen LogP contribution is 2.32. The molecule has 192 valence electrons. The van der Waals surface area contributed by atoms with Crippen LogP contribution in [0.4, 0.5) is 5.82 Å². The second kappa shape index (κ2) is 11.3. The average Bonchev–Trinajstić information content (AvgIpc) is 3.52. The summed E-state index contributed by atoms with van der Waals surface area (Å²) in [6.45, 7) is 1.23. The zero-order chi connectivity index (χ0) is 25.7. The van der Waals surface area contributed by atoms with Gasteiger partial charge in [0.25, 0.3) is 11.5 Å². The van der Waals surface area contributed by atoms with Crippen LogP contribution in [0.25, 0.3) is 0 Å². The molecule has 1 fully saturated rings. The first-order valence-corrected chi connectivity index (χ1v) is 11.8. The van der Waals surface area contributed by atoms with E-state index in [1.165, 1.54) is 29.3 Å². The summed E-state index contributed by atoms with van der Waals surface area (Å²) >= 11 is 0. The smallest absolute Gasteiger partial charge is 0.271 e. The third-order valence-corrected chi connectivity index (χ3v) is 6.16.